The zero-order valence-corrected chi connectivity index (χ0v) is 16.9. The zero-order chi connectivity index (χ0) is 21.6. The topological polar surface area (TPSA) is 100 Å². The van der Waals surface area contributed by atoms with Gasteiger partial charge in [-0.05, 0) is 42.5 Å². The van der Waals surface area contributed by atoms with E-state index in [4.69, 9.17) is 14.2 Å². The Hall–Kier alpha value is -4.40. The van der Waals surface area contributed by atoms with Crippen LogP contribution < -0.4 is 19.5 Å². The van der Waals surface area contributed by atoms with E-state index >= 15 is 0 Å². The first kappa shape index (κ1) is 19.9. The van der Waals surface area contributed by atoms with Crippen LogP contribution in [0.3, 0.4) is 0 Å². The molecule has 0 aliphatic rings. The number of para-hydroxylation sites is 1. The molecule has 2 aromatic carbocycles. The number of anilines is 1. The predicted molar refractivity (Wildman–Crippen MR) is 113 cm³/mol. The van der Waals surface area contributed by atoms with Crippen molar-refractivity contribution in [3.63, 3.8) is 0 Å². The highest BCUT2D eigenvalue weighted by molar-refractivity contribution is 6.06. The average Bonchev–Trinajstić information content (AvgIpc) is 3.35. The highest BCUT2D eigenvalue weighted by Gasteiger charge is 2.16. The number of nitrogens with zero attached hydrogens (tertiary/aromatic N) is 4. The Balaban J connectivity index is 1.42. The summed E-state index contributed by atoms with van der Waals surface area (Å²) in [5, 5.41) is 11.0. The molecule has 0 spiro atoms. The van der Waals surface area contributed by atoms with Crippen LogP contribution in [-0.4, -0.2) is 39.9 Å². The number of nitrogens with one attached hydrogen (secondary N) is 1. The SMILES string of the molecule is COc1cccc(C(=O)Nc2ccc(Oc3ccc(-n4ccnc4)nn3)cc2)c1OC. The fraction of sp³-hybridized carbons (Fsp3) is 0.0909. The molecule has 0 aliphatic heterocycles. The maximum Gasteiger partial charge on any atom is 0.259 e. The van der Waals surface area contributed by atoms with Gasteiger partial charge in [-0.15, -0.1) is 10.2 Å². The molecular weight excluding hydrogens is 398 g/mol. The van der Waals surface area contributed by atoms with Crippen LogP contribution in [0.5, 0.6) is 23.1 Å². The molecule has 2 heterocycles. The third-order valence-electron chi connectivity index (χ3n) is 4.38. The predicted octanol–water partition coefficient (Wildman–Crippen LogP) is 3.72. The molecule has 1 amide bonds. The van der Waals surface area contributed by atoms with Gasteiger partial charge in [0, 0.05) is 24.1 Å². The quantitative estimate of drug-likeness (QED) is 0.489. The number of amides is 1. The van der Waals surface area contributed by atoms with E-state index in [2.05, 4.69) is 20.5 Å². The van der Waals surface area contributed by atoms with E-state index in [-0.39, 0.29) is 5.91 Å². The number of ether oxygens (including phenoxy) is 3. The van der Waals surface area contributed by atoms with Crippen LogP contribution >= 0.6 is 0 Å². The highest BCUT2D eigenvalue weighted by Crippen LogP contribution is 2.31. The van der Waals surface area contributed by atoms with Gasteiger partial charge in [0.25, 0.3) is 5.91 Å². The minimum Gasteiger partial charge on any atom is -0.493 e. The van der Waals surface area contributed by atoms with Gasteiger partial charge in [-0.2, -0.15) is 0 Å². The smallest absolute Gasteiger partial charge is 0.259 e. The van der Waals surface area contributed by atoms with Gasteiger partial charge in [0.1, 0.15) is 12.1 Å². The molecule has 0 aliphatic carbocycles. The van der Waals surface area contributed by atoms with Gasteiger partial charge in [0.15, 0.2) is 17.3 Å². The Kier molecular flexibility index (Phi) is 5.75. The Morgan fingerprint density at radius 3 is 2.45 bits per heavy atom. The zero-order valence-electron chi connectivity index (χ0n) is 16.9. The fourth-order valence-corrected chi connectivity index (χ4v) is 2.89. The van der Waals surface area contributed by atoms with Crippen LogP contribution in [0.4, 0.5) is 5.69 Å². The van der Waals surface area contributed by atoms with E-state index in [1.165, 1.54) is 14.2 Å². The molecule has 4 rings (SSSR count). The van der Waals surface area contributed by atoms with Crippen molar-refractivity contribution in [3.8, 4) is 28.9 Å². The maximum atomic E-state index is 12.7. The summed E-state index contributed by atoms with van der Waals surface area (Å²) in [6, 6.07) is 15.5. The van der Waals surface area contributed by atoms with Gasteiger partial charge in [0.2, 0.25) is 5.88 Å². The summed E-state index contributed by atoms with van der Waals surface area (Å²) >= 11 is 0. The molecule has 0 saturated carbocycles. The van der Waals surface area contributed by atoms with Crippen molar-refractivity contribution in [2.24, 2.45) is 0 Å². The van der Waals surface area contributed by atoms with Crippen LogP contribution in [-0.2, 0) is 0 Å². The second kappa shape index (κ2) is 8.95. The molecule has 4 aromatic rings. The summed E-state index contributed by atoms with van der Waals surface area (Å²) in [6.45, 7) is 0. The molecule has 2 aromatic heterocycles. The van der Waals surface area contributed by atoms with E-state index in [9.17, 15) is 4.79 Å². The van der Waals surface area contributed by atoms with Crippen LogP contribution in [0.2, 0.25) is 0 Å². The number of rotatable bonds is 7. The second-order valence-electron chi connectivity index (χ2n) is 6.32. The first-order valence-corrected chi connectivity index (χ1v) is 9.30. The molecule has 1 N–H and O–H groups in total. The van der Waals surface area contributed by atoms with E-state index in [0.717, 1.165) is 0 Å². The summed E-state index contributed by atoms with van der Waals surface area (Å²) in [5.41, 5.74) is 0.971. The van der Waals surface area contributed by atoms with Gasteiger partial charge >= 0.3 is 0 Å². The molecule has 9 nitrogen and oxygen atoms in total. The molecule has 31 heavy (non-hydrogen) atoms. The Morgan fingerprint density at radius 2 is 1.81 bits per heavy atom. The lowest BCUT2D eigenvalue weighted by molar-refractivity contribution is 0.102. The molecule has 0 atom stereocenters. The van der Waals surface area contributed by atoms with Crippen molar-refractivity contribution in [1.82, 2.24) is 19.7 Å². The summed E-state index contributed by atoms with van der Waals surface area (Å²) in [7, 11) is 3.01. The van der Waals surface area contributed by atoms with Crippen molar-refractivity contribution in [2.45, 2.75) is 0 Å². The molecule has 0 saturated heterocycles. The fourth-order valence-electron chi connectivity index (χ4n) is 2.89. The molecule has 0 fully saturated rings. The Labute approximate surface area is 178 Å². The summed E-state index contributed by atoms with van der Waals surface area (Å²) in [5.74, 6) is 2.09. The first-order valence-electron chi connectivity index (χ1n) is 9.30. The lowest BCUT2D eigenvalue weighted by atomic mass is 10.1. The summed E-state index contributed by atoms with van der Waals surface area (Å²) in [6.07, 6.45) is 5.08. The van der Waals surface area contributed by atoms with Gasteiger partial charge in [0.05, 0.1) is 19.8 Å². The molecule has 0 radical (unpaired) electrons. The Bertz CT molecular complexity index is 1160. The van der Waals surface area contributed by atoms with Crippen LogP contribution in [0.25, 0.3) is 5.82 Å². The molecule has 9 heteroatoms. The number of benzene rings is 2. The van der Waals surface area contributed by atoms with Gasteiger partial charge in [-0.25, -0.2) is 4.98 Å². The summed E-state index contributed by atoms with van der Waals surface area (Å²) in [4.78, 5) is 16.6. The molecule has 0 bridgehead atoms. The van der Waals surface area contributed by atoms with Gasteiger partial charge in [-0.1, -0.05) is 6.07 Å². The number of aromatic nitrogens is 4. The van der Waals surface area contributed by atoms with Crippen LogP contribution in [0.15, 0.2) is 73.3 Å². The number of carbonyl (C=O) groups is 1. The number of imidazole rings is 1. The van der Waals surface area contributed by atoms with Gasteiger partial charge in [-0.3, -0.25) is 9.36 Å². The largest absolute Gasteiger partial charge is 0.493 e. The third-order valence-corrected chi connectivity index (χ3v) is 4.38. The van der Waals surface area contributed by atoms with Gasteiger partial charge < -0.3 is 19.5 Å². The number of methoxy groups -OCH3 is 2. The average molecular weight is 417 g/mol. The lowest BCUT2D eigenvalue weighted by Crippen LogP contribution is -2.13. The van der Waals surface area contributed by atoms with Crippen molar-refractivity contribution in [2.75, 3.05) is 19.5 Å². The Morgan fingerprint density at radius 1 is 0.968 bits per heavy atom. The second-order valence-corrected chi connectivity index (χ2v) is 6.32. The monoisotopic (exact) mass is 417 g/mol. The molecular formula is C22H19N5O4. The van der Waals surface area contributed by atoms with E-state index in [1.807, 2.05) is 0 Å². The number of hydrogen-bond donors (Lipinski definition) is 1. The minimum absolute atomic E-state index is 0.314. The third kappa shape index (κ3) is 4.45. The number of hydrogen-bond acceptors (Lipinski definition) is 7. The molecule has 0 unspecified atom stereocenters. The van der Waals surface area contributed by atoms with Crippen molar-refractivity contribution < 1.29 is 19.0 Å². The summed E-state index contributed by atoms with van der Waals surface area (Å²) < 4.78 is 18.0. The van der Waals surface area contributed by atoms with E-state index < -0.39 is 0 Å². The van der Waals surface area contributed by atoms with Crippen LogP contribution in [0.1, 0.15) is 10.4 Å². The van der Waals surface area contributed by atoms with Crippen LogP contribution in [0, 0.1) is 0 Å². The molecule has 156 valence electrons. The lowest BCUT2D eigenvalue weighted by Gasteiger charge is -2.13. The minimum atomic E-state index is -0.314. The highest BCUT2D eigenvalue weighted by atomic mass is 16.5. The first-order chi connectivity index (χ1) is 15.2. The normalized spacial score (nSPS) is 10.4. The van der Waals surface area contributed by atoms with E-state index in [0.29, 0.717) is 40.2 Å². The van der Waals surface area contributed by atoms with Crippen molar-refractivity contribution in [1.29, 1.82) is 0 Å². The maximum absolute atomic E-state index is 12.7. The van der Waals surface area contributed by atoms with Crippen molar-refractivity contribution >= 4 is 11.6 Å². The van der Waals surface area contributed by atoms with Crippen molar-refractivity contribution in [3.05, 3.63) is 78.9 Å². The number of carbonyl (C=O) groups excluding carboxylic acids is 1. The standard InChI is InChI=1S/C22H19N5O4/c1-29-18-5-3-4-17(21(18)30-2)22(28)24-15-6-8-16(9-7-15)31-20-11-10-19(25-26-20)27-13-12-23-14-27/h3-14H,1-2H3,(H,24,28). The van der Waals surface area contributed by atoms with E-state index in [1.54, 1.807) is 77.9 Å².